The van der Waals surface area contributed by atoms with E-state index in [2.05, 4.69) is 21.8 Å². The zero-order chi connectivity index (χ0) is 19.8. The van der Waals surface area contributed by atoms with Gasteiger partial charge in [-0.15, -0.1) is 0 Å². The highest BCUT2D eigenvalue weighted by atomic mass is 17.1. The molecule has 0 heterocycles. The molecule has 4 heteroatoms. The van der Waals surface area contributed by atoms with Crippen LogP contribution in [-0.2, 0) is 14.4 Å². The van der Waals surface area contributed by atoms with Crippen LogP contribution in [0.4, 0.5) is 0 Å². The average Bonchev–Trinajstić information content (AvgIpc) is 2.68. The van der Waals surface area contributed by atoms with Crippen LogP contribution < -0.4 is 0 Å². The minimum absolute atomic E-state index is 0.358. The van der Waals surface area contributed by atoms with Gasteiger partial charge in [0.2, 0.25) is 0 Å². The Balaban J connectivity index is 3.55. The second kappa shape index (κ2) is 21.9. The van der Waals surface area contributed by atoms with E-state index in [4.69, 9.17) is 5.26 Å². The minimum Gasteiger partial charge on any atom is -0.466 e. The van der Waals surface area contributed by atoms with Crippen LogP contribution in [0.15, 0.2) is 72.9 Å². The molecule has 0 aromatic heterocycles. The lowest BCUT2D eigenvalue weighted by atomic mass is 10.1. The highest BCUT2D eigenvalue weighted by molar-refractivity contribution is 5.82. The molecule has 150 valence electrons. The molecule has 0 spiro atoms. The van der Waals surface area contributed by atoms with Crippen molar-refractivity contribution in [3.05, 3.63) is 72.9 Å². The molecule has 0 aliphatic rings. The van der Waals surface area contributed by atoms with E-state index < -0.39 is 0 Å². The summed E-state index contributed by atoms with van der Waals surface area (Å²) in [5.41, 5.74) is 0. The first kappa shape index (κ1) is 24.8. The van der Waals surface area contributed by atoms with Crippen molar-refractivity contribution in [2.24, 2.45) is 0 Å². The maximum Gasteiger partial charge on any atom is 0.330 e. The number of unbranched alkanes of at least 4 members (excludes halogenated alkanes) is 7. The van der Waals surface area contributed by atoms with E-state index in [9.17, 15) is 4.79 Å². The lowest BCUT2D eigenvalue weighted by Gasteiger charge is -2.00. The topological polar surface area (TPSA) is 55.8 Å². The van der Waals surface area contributed by atoms with Crippen LogP contribution in [0.1, 0.15) is 51.4 Å². The van der Waals surface area contributed by atoms with Crippen molar-refractivity contribution in [1.82, 2.24) is 0 Å². The number of hydrogen-bond donors (Lipinski definition) is 1. The summed E-state index contributed by atoms with van der Waals surface area (Å²) in [5, 5.41) is 8.20. The van der Waals surface area contributed by atoms with Gasteiger partial charge in [0.1, 0.15) is 0 Å². The molecule has 0 aromatic rings. The SMILES string of the molecule is COC(=O)C=CC=CC=CC=CC=CC=CCCCCCCCCCOO. The summed E-state index contributed by atoms with van der Waals surface area (Å²) in [4.78, 5) is 14.9. The number of hydrogen-bond acceptors (Lipinski definition) is 4. The van der Waals surface area contributed by atoms with E-state index in [-0.39, 0.29) is 5.97 Å². The molecular formula is C23H34O4. The molecule has 0 fully saturated rings. The Morgan fingerprint density at radius 2 is 1.19 bits per heavy atom. The highest BCUT2D eigenvalue weighted by Gasteiger charge is 1.91. The Kier molecular flexibility index (Phi) is 20.1. The van der Waals surface area contributed by atoms with Crippen LogP contribution in [0, 0.1) is 0 Å². The summed E-state index contributed by atoms with van der Waals surface area (Å²) in [6.45, 7) is 0.455. The van der Waals surface area contributed by atoms with Gasteiger partial charge in [-0.3, -0.25) is 5.26 Å². The van der Waals surface area contributed by atoms with Gasteiger partial charge in [-0.1, -0.05) is 98.9 Å². The Bertz CT molecular complexity index is 510. The van der Waals surface area contributed by atoms with Crippen molar-refractivity contribution in [1.29, 1.82) is 0 Å². The molecule has 27 heavy (non-hydrogen) atoms. The molecule has 0 aromatic carbocycles. The molecule has 1 N–H and O–H groups in total. The lowest BCUT2D eigenvalue weighted by Crippen LogP contribution is -1.92. The number of carbonyl (C=O) groups is 1. The van der Waals surface area contributed by atoms with Gasteiger partial charge in [0, 0.05) is 6.08 Å². The van der Waals surface area contributed by atoms with E-state index in [0.29, 0.717) is 6.61 Å². The van der Waals surface area contributed by atoms with E-state index in [1.165, 1.54) is 45.3 Å². The molecule has 0 bridgehead atoms. The van der Waals surface area contributed by atoms with E-state index in [1.54, 1.807) is 12.2 Å². The molecule has 4 nitrogen and oxygen atoms in total. The standard InChI is InChI=1S/C23H34O4/c1-26-23(24)21-19-17-15-13-11-9-7-5-3-2-4-6-8-10-12-14-16-18-20-22-27-25/h2-5,7,9,11,13,15,17,19,21,25H,6,8,10,12,14,16,18,20,22H2,1H3. The minimum atomic E-state index is -0.358. The third kappa shape index (κ3) is 21.8. The molecule has 0 saturated carbocycles. The van der Waals surface area contributed by atoms with Crippen LogP contribution in [0.5, 0.6) is 0 Å². The largest absolute Gasteiger partial charge is 0.466 e. The summed E-state index contributed by atoms with van der Waals surface area (Å²) in [6.07, 6.45) is 32.2. The number of ether oxygens (including phenoxy) is 1. The second-order valence-electron chi connectivity index (χ2n) is 5.95. The predicted molar refractivity (Wildman–Crippen MR) is 112 cm³/mol. The monoisotopic (exact) mass is 374 g/mol. The Hall–Kier alpha value is -2.17. The van der Waals surface area contributed by atoms with Gasteiger partial charge in [0.15, 0.2) is 0 Å². The normalized spacial score (nSPS) is 12.8. The maximum atomic E-state index is 10.8. The fourth-order valence-corrected chi connectivity index (χ4v) is 2.20. The zero-order valence-electron chi connectivity index (χ0n) is 16.5. The average molecular weight is 375 g/mol. The molecule has 0 aliphatic carbocycles. The molecule has 0 rings (SSSR count). The van der Waals surface area contributed by atoms with Crippen molar-refractivity contribution in [2.75, 3.05) is 13.7 Å². The third-order valence-electron chi connectivity index (χ3n) is 3.68. The number of allylic oxidation sites excluding steroid dienone is 11. The summed E-state index contributed by atoms with van der Waals surface area (Å²) in [5.74, 6) is -0.358. The number of methoxy groups -OCH3 is 1. The smallest absolute Gasteiger partial charge is 0.330 e. The number of esters is 1. The molecule has 0 unspecified atom stereocenters. The Labute approximate surface area is 164 Å². The second-order valence-corrected chi connectivity index (χ2v) is 5.95. The Morgan fingerprint density at radius 3 is 1.74 bits per heavy atom. The molecule has 0 amide bonds. The van der Waals surface area contributed by atoms with Gasteiger partial charge in [-0.05, 0) is 19.3 Å². The lowest BCUT2D eigenvalue weighted by molar-refractivity contribution is -0.242. The van der Waals surface area contributed by atoms with Gasteiger partial charge in [0.25, 0.3) is 0 Å². The quantitative estimate of drug-likeness (QED) is 0.0884. The summed E-state index contributed by atoms with van der Waals surface area (Å²) >= 11 is 0. The van der Waals surface area contributed by atoms with Crippen LogP contribution in [0.2, 0.25) is 0 Å². The van der Waals surface area contributed by atoms with Crippen molar-refractivity contribution < 1.29 is 19.7 Å². The third-order valence-corrected chi connectivity index (χ3v) is 3.68. The molecule has 0 saturated heterocycles. The van der Waals surface area contributed by atoms with Gasteiger partial charge in [-0.2, -0.15) is 0 Å². The van der Waals surface area contributed by atoms with Crippen molar-refractivity contribution in [3.8, 4) is 0 Å². The molecule has 0 atom stereocenters. The highest BCUT2D eigenvalue weighted by Crippen LogP contribution is 2.08. The zero-order valence-corrected chi connectivity index (χ0v) is 16.5. The maximum absolute atomic E-state index is 10.8. The van der Waals surface area contributed by atoms with E-state index in [0.717, 1.165) is 19.3 Å². The molecule has 0 radical (unpaired) electrons. The van der Waals surface area contributed by atoms with Crippen LogP contribution in [-0.4, -0.2) is 24.9 Å². The van der Waals surface area contributed by atoms with Gasteiger partial charge < -0.3 is 4.74 Å². The first-order valence-corrected chi connectivity index (χ1v) is 9.65. The van der Waals surface area contributed by atoms with E-state index in [1.807, 2.05) is 42.5 Å². The number of rotatable bonds is 16. The predicted octanol–water partition coefficient (Wildman–Crippen LogP) is 6.11. The van der Waals surface area contributed by atoms with Crippen molar-refractivity contribution in [2.45, 2.75) is 51.4 Å². The summed E-state index contributed by atoms with van der Waals surface area (Å²) in [6, 6.07) is 0. The van der Waals surface area contributed by atoms with Gasteiger partial charge in [-0.25, -0.2) is 9.68 Å². The van der Waals surface area contributed by atoms with Crippen molar-refractivity contribution in [3.63, 3.8) is 0 Å². The van der Waals surface area contributed by atoms with Crippen LogP contribution in [0.3, 0.4) is 0 Å². The van der Waals surface area contributed by atoms with Gasteiger partial charge >= 0.3 is 5.97 Å². The molecular weight excluding hydrogens is 340 g/mol. The first-order valence-electron chi connectivity index (χ1n) is 9.65. The first-order chi connectivity index (χ1) is 13.3. The van der Waals surface area contributed by atoms with Crippen LogP contribution >= 0.6 is 0 Å². The fraction of sp³-hybridized carbons (Fsp3) is 0.435. The summed E-state index contributed by atoms with van der Waals surface area (Å²) in [7, 11) is 1.35. The van der Waals surface area contributed by atoms with Crippen molar-refractivity contribution >= 4 is 5.97 Å². The Morgan fingerprint density at radius 1 is 0.704 bits per heavy atom. The fourth-order valence-electron chi connectivity index (χ4n) is 2.20. The van der Waals surface area contributed by atoms with Crippen LogP contribution in [0.25, 0.3) is 0 Å². The molecule has 0 aliphatic heterocycles. The van der Waals surface area contributed by atoms with Gasteiger partial charge in [0.05, 0.1) is 13.7 Å². The van der Waals surface area contributed by atoms with E-state index >= 15 is 0 Å². The number of carbonyl (C=O) groups excluding carboxylic acids is 1. The summed E-state index contributed by atoms with van der Waals surface area (Å²) < 4.78 is 4.48.